The van der Waals surface area contributed by atoms with Gasteiger partial charge in [0, 0.05) is 11.8 Å². The molecule has 1 aromatic heterocycles. The molecule has 0 amide bonds. The molecule has 2 rings (SSSR count). The average molecular weight is 469 g/mol. The summed E-state index contributed by atoms with van der Waals surface area (Å²) in [5.74, 6) is -0.545. The van der Waals surface area contributed by atoms with Crippen LogP contribution >= 0.6 is 27.7 Å². The highest BCUT2D eigenvalue weighted by Gasteiger charge is 2.20. The summed E-state index contributed by atoms with van der Waals surface area (Å²) in [6, 6.07) is 4.01. The molecule has 1 unspecified atom stereocenters. The molecule has 2 aromatic rings. The number of hydrogen-bond acceptors (Lipinski definition) is 8. The maximum Gasteiger partial charge on any atom is 0.274 e. The van der Waals surface area contributed by atoms with Crippen LogP contribution in [0.15, 0.2) is 37.3 Å². The Bertz CT molecular complexity index is 907. The molecule has 0 aliphatic rings. The molecule has 10 nitrogen and oxygen atoms in total. The van der Waals surface area contributed by atoms with E-state index in [-0.39, 0.29) is 32.8 Å². The molecule has 0 aliphatic carbocycles. The number of nitrogens with zero attached hydrogens (tertiary/aromatic N) is 3. The summed E-state index contributed by atoms with van der Waals surface area (Å²) in [4.78, 5) is 4.13. The molecule has 26 heavy (non-hydrogen) atoms. The molecule has 0 aliphatic heterocycles. The third-order valence-electron chi connectivity index (χ3n) is 2.82. The Morgan fingerprint density at radius 2 is 2.27 bits per heavy atom. The van der Waals surface area contributed by atoms with Gasteiger partial charge in [-0.2, -0.15) is 8.42 Å². The molecule has 0 saturated carbocycles. The molecule has 0 radical (unpaired) electrons. The molecular formula is C12H14BrFN6O4S2. The lowest BCUT2D eigenvalue weighted by Gasteiger charge is -2.10. The van der Waals surface area contributed by atoms with Gasteiger partial charge in [0.05, 0.1) is 10.2 Å². The Labute approximate surface area is 160 Å². The zero-order valence-corrected chi connectivity index (χ0v) is 16.4. The molecule has 14 heteroatoms. The van der Waals surface area contributed by atoms with Crippen LogP contribution in [0.5, 0.6) is 0 Å². The van der Waals surface area contributed by atoms with Gasteiger partial charge in [-0.1, -0.05) is 18.7 Å². The fraction of sp³-hybridized carbons (Fsp3) is 0.250. The number of amidine groups is 1. The van der Waals surface area contributed by atoms with Gasteiger partial charge in [-0.25, -0.2) is 23.9 Å². The van der Waals surface area contributed by atoms with Crippen molar-refractivity contribution < 1.29 is 22.6 Å². The molecule has 1 heterocycles. The number of halogens is 2. The number of benzene rings is 1. The summed E-state index contributed by atoms with van der Waals surface area (Å²) >= 11 is 4.17. The molecule has 5 N–H and O–H groups in total. The summed E-state index contributed by atoms with van der Waals surface area (Å²) in [5.41, 5.74) is 2.32. The van der Waals surface area contributed by atoms with Gasteiger partial charge in [0.2, 0.25) is 0 Å². The highest BCUT2D eigenvalue weighted by Crippen LogP contribution is 2.26. The lowest BCUT2D eigenvalue weighted by Crippen LogP contribution is -2.35. The van der Waals surface area contributed by atoms with Crippen molar-refractivity contribution in [1.82, 2.24) is 20.5 Å². The van der Waals surface area contributed by atoms with Crippen molar-refractivity contribution in [2.45, 2.75) is 17.2 Å². The van der Waals surface area contributed by atoms with Crippen LogP contribution in [-0.2, 0) is 10.2 Å². The first-order chi connectivity index (χ1) is 12.2. The second-order valence-electron chi connectivity index (χ2n) is 4.91. The summed E-state index contributed by atoms with van der Waals surface area (Å²) in [7, 11) is -3.81. The number of nitrogens with two attached hydrogens (primary N) is 1. The first kappa shape index (κ1) is 20.7. The number of rotatable bonds is 7. The van der Waals surface area contributed by atoms with Crippen molar-refractivity contribution in [2.24, 2.45) is 10.1 Å². The van der Waals surface area contributed by atoms with Crippen LogP contribution in [0.25, 0.3) is 0 Å². The van der Waals surface area contributed by atoms with E-state index in [9.17, 15) is 18.0 Å². The summed E-state index contributed by atoms with van der Waals surface area (Å²) in [6.07, 6.45) is 0. The summed E-state index contributed by atoms with van der Waals surface area (Å²) in [6.45, 7) is 1.77. The van der Waals surface area contributed by atoms with Crippen LogP contribution in [0.3, 0.4) is 0 Å². The smallest absolute Gasteiger partial charge is 0.274 e. The molecule has 0 fully saturated rings. The van der Waals surface area contributed by atoms with E-state index in [4.69, 9.17) is 5.14 Å². The van der Waals surface area contributed by atoms with Crippen LogP contribution in [0.2, 0.25) is 0 Å². The van der Waals surface area contributed by atoms with Crippen LogP contribution in [-0.4, -0.2) is 41.6 Å². The van der Waals surface area contributed by atoms with Crippen LogP contribution < -0.4 is 15.3 Å². The van der Waals surface area contributed by atoms with Crippen molar-refractivity contribution in [3.05, 3.63) is 34.2 Å². The third-order valence-corrected chi connectivity index (χ3v) is 5.05. The van der Waals surface area contributed by atoms with Gasteiger partial charge in [0.15, 0.2) is 16.6 Å². The standard InChI is InChI=1S/C12H14BrFN6O4S2/c1-6(5-16-26(15,22)23)25-12-10(19-24-20-12)11(18-21)17-7-2-3-9(14)8(13)4-7/h2-4,6,16,21H,5H2,1H3,(H,17,18)(H2,15,22,23). The Morgan fingerprint density at radius 3 is 2.88 bits per heavy atom. The minimum absolute atomic E-state index is 0.0414. The summed E-state index contributed by atoms with van der Waals surface area (Å²) in [5, 5.41) is 21.6. The van der Waals surface area contributed by atoms with Crippen molar-refractivity contribution in [3.63, 3.8) is 0 Å². The van der Waals surface area contributed by atoms with Crippen molar-refractivity contribution in [1.29, 1.82) is 0 Å². The molecule has 0 spiro atoms. The largest absolute Gasteiger partial charge is 0.290 e. The normalized spacial score (nSPS) is 13.7. The van der Waals surface area contributed by atoms with E-state index in [0.29, 0.717) is 5.69 Å². The molecular weight excluding hydrogens is 455 g/mol. The molecule has 1 atom stereocenters. The number of hydroxylamine groups is 1. The van der Waals surface area contributed by atoms with E-state index in [1.165, 1.54) is 18.2 Å². The van der Waals surface area contributed by atoms with Gasteiger partial charge >= 0.3 is 0 Å². The molecule has 1 aromatic carbocycles. The minimum Gasteiger partial charge on any atom is -0.290 e. The maximum absolute atomic E-state index is 13.3. The van der Waals surface area contributed by atoms with E-state index < -0.39 is 16.0 Å². The van der Waals surface area contributed by atoms with Gasteiger partial charge in [0.25, 0.3) is 10.2 Å². The second kappa shape index (κ2) is 8.88. The topological polar surface area (TPSA) is 156 Å². The minimum atomic E-state index is -3.81. The van der Waals surface area contributed by atoms with E-state index in [1.807, 2.05) is 5.48 Å². The fourth-order valence-corrected chi connectivity index (χ4v) is 3.51. The Morgan fingerprint density at radius 1 is 1.54 bits per heavy atom. The SMILES string of the molecule is CC(CNS(N)(=O)=O)Sc1nonc1C(=Nc1ccc(F)c(Br)c1)NO. The van der Waals surface area contributed by atoms with Gasteiger partial charge in [-0.15, -0.1) is 0 Å². The maximum atomic E-state index is 13.3. The van der Waals surface area contributed by atoms with Crippen molar-refractivity contribution in [3.8, 4) is 0 Å². The van der Waals surface area contributed by atoms with Gasteiger partial charge in [-0.3, -0.25) is 10.7 Å². The number of thioether (sulfide) groups is 1. The first-order valence-corrected chi connectivity index (χ1v) is 10.1. The van der Waals surface area contributed by atoms with E-state index in [0.717, 1.165) is 11.8 Å². The van der Waals surface area contributed by atoms with E-state index >= 15 is 0 Å². The van der Waals surface area contributed by atoms with Crippen LogP contribution in [0, 0.1) is 5.82 Å². The third kappa shape index (κ3) is 6.00. The fourth-order valence-electron chi connectivity index (χ4n) is 1.68. The highest BCUT2D eigenvalue weighted by molar-refractivity contribution is 9.10. The highest BCUT2D eigenvalue weighted by atomic mass is 79.9. The Balaban J connectivity index is 2.20. The number of nitrogens with one attached hydrogen (secondary N) is 2. The molecule has 0 bridgehead atoms. The average Bonchev–Trinajstić information content (AvgIpc) is 3.01. The van der Waals surface area contributed by atoms with Gasteiger partial charge in [0.1, 0.15) is 5.82 Å². The Hall–Kier alpha value is -1.58. The Kier molecular flexibility index (Phi) is 7.08. The number of aliphatic imine (C=N–C) groups is 1. The molecule has 142 valence electrons. The lowest BCUT2D eigenvalue weighted by atomic mass is 10.3. The predicted molar refractivity (Wildman–Crippen MR) is 95.9 cm³/mol. The van der Waals surface area contributed by atoms with Crippen molar-refractivity contribution in [2.75, 3.05) is 6.54 Å². The lowest BCUT2D eigenvalue weighted by molar-refractivity contribution is 0.234. The number of hydrogen-bond donors (Lipinski definition) is 4. The van der Waals surface area contributed by atoms with Gasteiger partial charge < -0.3 is 0 Å². The monoisotopic (exact) mass is 468 g/mol. The number of aromatic nitrogens is 2. The molecule has 0 saturated heterocycles. The second-order valence-corrected chi connectivity index (χ2v) is 8.57. The van der Waals surface area contributed by atoms with E-state index in [2.05, 4.69) is 40.6 Å². The van der Waals surface area contributed by atoms with Crippen LogP contribution in [0.1, 0.15) is 12.6 Å². The first-order valence-electron chi connectivity index (χ1n) is 6.90. The van der Waals surface area contributed by atoms with Gasteiger partial charge in [-0.05, 0) is 44.4 Å². The zero-order valence-electron chi connectivity index (χ0n) is 13.2. The zero-order chi connectivity index (χ0) is 19.3. The van der Waals surface area contributed by atoms with E-state index in [1.54, 1.807) is 6.92 Å². The summed E-state index contributed by atoms with van der Waals surface area (Å²) < 4.78 is 42.2. The van der Waals surface area contributed by atoms with Crippen LogP contribution in [0.4, 0.5) is 10.1 Å². The van der Waals surface area contributed by atoms with Crippen molar-refractivity contribution >= 4 is 49.4 Å². The quantitative estimate of drug-likeness (QED) is 0.205. The predicted octanol–water partition coefficient (Wildman–Crippen LogP) is 1.30.